The zero-order valence-electron chi connectivity index (χ0n) is 15.0. The highest BCUT2D eigenvalue weighted by atomic mass is 32.1. The molecule has 1 atom stereocenters. The number of aromatic nitrogens is 6. The zero-order chi connectivity index (χ0) is 18.8. The maximum Gasteiger partial charge on any atom is 0.167 e. The van der Waals surface area contributed by atoms with Crippen molar-refractivity contribution in [1.29, 1.82) is 0 Å². The van der Waals surface area contributed by atoms with E-state index in [1.54, 1.807) is 23.0 Å². The summed E-state index contributed by atoms with van der Waals surface area (Å²) in [4.78, 5) is 11.4. The van der Waals surface area contributed by atoms with Crippen LogP contribution in [0.3, 0.4) is 0 Å². The molecule has 1 aliphatic rings. The van der Waals surface area contributed by atoms with Crippen molar-refractivity contribution in [2.24, 2.45) is 0 Å². The standard InChI is InChI=1S/C19H17N7S2/c1-2-5-13(6-3-1)17-24-25-18(28-17)14-7-4-8-26(11-14)16-10-20-9-15(22-16)19-23-21-12-27-19/h1-3,5-6,9-10,12,14H,4,7-8,11H2. The van der Waals surface area contributed by atoms with Gasteiger partial charge in [-0.15, -0.1) is 20.4 Å². The van der Waals surface area contributed by atoms with E-state index in [4.69, 9.17) is 4.98 Å². The van der Waals surface area contributed by atoms with E-state index in [0.717, 1.165) is 58.0 Å². The quantitative estimate of drug-likeness (QED) is 0.507. The van der Waals surface area contributed by atoms with Crippen molar-refractivity contribution in [3.05, 3.63) is 53.2 Å². The third-order valence-corrected chi connectivity index (χ3v) is 6.61. The monoisotopic (exact) mass is 407 g/mol. The van der Waals surface area contributed by atoms with Gasteiger partial charge in [0.05, 0.1) is 12.4 Å². The molecule has 3 aromatic heterocycles. The number of rotatable bonds is 4. The minimum Gasteiger partial charge on any atom is -0.355 e. The molecule has 4 heterocycles. The highest BCUT2D eigenvalue weighted by Gasteiger charge is 2.26. The summed E-state index contributed by atoms with van der Waals surface area (Å²) in [5.74, 6) is 1.24. The normalized spacial score (nSPS) is 17.0. The molecule has 1 aliphatic heterocycles. The molecular formula is C19H17N7S2. The molecule has 0 aliphatic carbocycles. The van der Waals surface area contributed by atoms with Gasteiger partial charge in [0.1, 0.15) is 27.0 Å². The zero-order valence-corrected chi connectivity index (χ0v) is 16.6. The number of piperidine rings is 1. The third kappa shape index (κ3) is 3.50. The van der Waals surface area contributed by atoms with Crippen molar-refractivity contribution >= 4 is 28.5 Å². The van der Waals surface area contributed by atoms with Gasteiger partial charge in [-0.2, -0.15) is 0 Å². The first-order valence-electron chi connectivity index (χ1n) is 9.09. The van der Waals surface area contributed by atoms with Crippen molar-refractivity contribution in [2.45, 2.75) is 18.8 Å². The van der Waals surface area contributed by atoms with Gasteiger partial charge >= 0.3 is 0 Å². The fourth-order valence-electron chi connectivity index (χ4n) is 3.38. The summed E-state index contributed by atoms with van der Waals surface area (Å²) in [7, 11) is 0. The molecule has 0 N–H and O–H groups in total. The van der Waals surface area contributed by atoms with Gasteiger partial charge in [-0.25, -0.2) is 4.98 Å². The van der Waals surface area contributed by atoms with Crippen molar-refractivity contribution in [3.63, 3.8) is 0 Å². The first kappa shape index (κ1) is 17.3. The van der Waals surface area contributed by atoms with Crippen LogP contribution in [0.25, 0.3) is 21.3 Å². The molecule has 4 aromatic rings. The smallest absolute Gasteiger partial charge is 0.167 e. The molecule has 0 radical (unpaired) electrons. The Balaban J connectivity index is 1.36. The number of benzene rings is 1. The van der Waals surface area contributed by atoms with Crippen LogP contribution in [0.2, 0.25) is 0 Å². The Bertz CT molecular complexity index is 1050. The van der Waals surface area contributed by atoms with Gasteiger partial charge < -0.3 is 4.90 Å². The lowest BCUT2D eigenvalue weighted by Crippen LogP contribution is -2.35. The second kappa shape index (κ2) is 7.69. The van der Waals surface area contributed by atoms with Crippen molar-refractivity contribution in [3.8, 4) is 21.3 Å². The first-order chi connectivity index (χ1) is 13.9. The second-order valence-corrected chi connectivity index (χ2v) is 8.45. The van der Waals surface area contributed by atoms with Crippen LogP contribution >= 0.6 is 22.7 Å². The lowest BCUT2D eigenvalue weighted by molar-refractivity contribution is 0.503. The van der Waals surface area contributed by atoms with E-state index < -0.39 is 0 Å². The average molecular weight is 408 g/mol. The SMILES string of the molecule is c1ccc(-c2nnc(C3CCCN(c4cncc(-c5nncs5)n4)C3)s2)cc1. The van der Waals surface area contributed by atoms with E-state index in [0.29, 0.717) is 5.92 Å². The second-order valence-electron chi connectivity index (χ2n) is 6.60. The summed E-state index contributed by atoms with van der Waals surface area (Å²) in [6.07, 6.45) is 5.77. The molecule has 1 fully saturated rings. The highest BCUT2D eigenvalue weighted by Crippen LogP contribution is 2.34. The highest BCUT2D eigenvalue weighted by molar-refractivity contribution is 7.14. The largest absolute Gasteiger partial charge is 0.355 e. The molecule has 0 saturated carbocycles. The molecule has 9 heteroatoms. The van der Waals surface area contributed by atoms with E-state index in [1.807, 2.05) is 24.4 Å². The fraction of sp³-hybridized carbons (Fsp3) is 0.263. The lowest BCUT2D eigenvalue weighted by Gasteiger charge is -2.32. The predicted octanol–water partition coefficient (Wildman–Crippen LogP) is 3.90. The van der Waals surface area contributed by atoms with E-state index in [9.17, 15) is 0 Å². The van der Waals surface area contributed by atoms with Crippen LogP contribution in [-0.2, 0) is 0 Å². The molecule has 140 valence electrons. The van der Waals surface area contributed by atoms with Crippen LogP contribution < -0.4 is 4.90 Å². The summed E-state index contributed by atoms with van der Waals surface area (Å²) < 4.78 is 0. The minimum absolute atomic E-state index is 0.357. The summed E-state index contributed by atoms with van der Waals surface area (Å²) in [6, 6.07) is 10.2. The maximum atomic E-state index is 4.76. The lowest BCUT2D eigenvalue weighted by atomic mass is 9.99. The Morgan fingerprint density at radius 1 is 1.00 bits per heavy atom. The Morgan fingerprint density at radius 2 is 1.93 bits per heavy atom. The van der Waals surface area contributed by atoms with E-state index in [2.05, 4.69) is 42.4 Å². The summed E-state index contributed by atoms with van der Waals surface area (Å²) in [5, 5.41) is 19.8. The van der Waals surface area contributed by atoms with Crippen LogP contribution in [0.4, 0.5) is 5.82 Å². The molecule has 0 bridgehead atoms. The third-order valence-electron chi connectivity index (χ3n) is 4.76. The van der Waals surface area contributed by atoms with Gasteiger partial charge in [-0.05, 0) is 12.8 Å². The Labute approximate surface area is 170 Å². The van der Waals surface area contributed by atoms with Gasteiger partial charge in [0.25, 0.3) is 0 Å². The molecule has 0 amide bonds. The summed E-state index contributed by atoms with van der Waals surface area (Å²) in [5.41, 5.74) is 3.60. The van der Waals surface area contributed by atoms with E-state index in [1.165, 1.54) is 11.3 Å². The number of hydrogen-bond acceptors (Lipinski definition) is 9. The molecule has 1 aromatic carbocycles. The first-order valence-corrected chi connectivity index (χ1v) is 10.8. The fourth-order valence-corrected chi connectivity index (χ4v) is 4.86. The van der Waals surface area contributed by atoms with Gasteiger partial charge in [0.2, 0.25) is 0 Å². The van der Waals surface area contributed by atoms with Gasteiger partial charge in [-0.1, -0.05) is 53.0 Å². The predicted molar refractivity (Wildman–Crippen MR) is 110 cm³/mol. The Morgan fingerprint density at radius 3 is 2.79 bits per heavy atom. The number of nitrogens with zero attached hydrogens (tertiary/aromatic N) is 7. The van der Waals surface area contributed by atoms with Crippen molar-refractivity contribution in [2.75, 3.05) is 18.0 Å². The van der Waals surface area contributed by atoms with E-state index >= 15 is 0 Å². The van der Waals surface area contributed by atoms with Gasteiger partial charge in [0, 0.05) is 24.6 Å². The summed E-state index contributed by atoms with van der Waals surface area (Å²) >= 11 is 3.16. The summed E-state index contributed by atoms with van der Waals surface area (Å²) in [6.45, 7) is 1.84. The molecule has 28 heavy (non-hydrogen) atoms. The molecule has 0 spiro atoms. The van der Waals surface area contributed by atoms with Crippen LogP contribution in [0.1, 0.15) is 23.8 Å². The average Bonchev–Trinajstić information content (AvgIpc) is 3.47. The van der Waals surface area contributed by atoms with Crippen LogP contribution in [0, 0.1) is 0 Å². The molecule has 1 unspecified atom stereocenters. The Hall–Kier alpha value is -2.78. The minimum atomic E-state index is 0.357. The van der Waals surface area contributed by atoms with Crippen molar-refractivity contribution in [1.82, 2.24) is 30.4 Å². The maximum absolute atomic E-state index is 4.76. The molecule has 7 nitrogen and oxygen atoms in total. The molecule has 1 saturated heterocycles. The number of hydrogen-bond donors (Lipinski definition) is 0. The van der Waals surface area contributed by atoms with Gasteiger partial charge in [-0.3, -0.25) is 4.98 Å². The topological polar surface area (TPSA) is 80.6 Å². The van der Waals surface area contributed by atoms with Crippen LogP contribution in [0.5, 0.6) is 0 Å². The Kier molecular flexibility index (Phi) is 4.76. The molecular weight excluding hydrogens is 390 g/mol. The van der Waals surface area contributed by atoms with Crippen LogP contribution in [-0.4, -0.2) is 43.5 Å². The van der Waals surface area contributed by atoms with Crippen LogP contribution in [0.15, 0.2) is 48.2 Å². The van der Waals surface area contributed by atoms with Gasteiger partial charge in [0.15, 0.2) is 5.01 Å². The van der Waals surface area contributed by atoms with Crippen molar-refractivity contribution < 1.29 is 0 Å². The van der Waals surface area contributed by atoms with E-state index in [-0.39, 0.29) is 0 Å². The number of anilines is 1. The molecule has 5 rings (SSSR count).